The van der Waals surface area contributed by atoms with Gasteiger partial charge in [-0.3, -0.25) is 14.9 Å². The topological polar surface area (TPSA) is 97.4 Å². The second-order valence-electron chi connectivity index (χ2n) is 7.90. The van der Waals surface area contributed by atoms with Crippen molar-refractivity contribution in [3.63, 3.8) is 0 Å². The normalized spacial score (nSPS) is 16.4. The third-order valence-corrected chi connectivity index (χ3v) is 5.86. The van der Waals surface area contributed by atoms with Gasteiger partial charge in [0.25, 0.3) is 11.6 Å². The number of hydrogen-bond donors (Lipinski definition) is 0. The molecule has 0 bridgehead atoms. The van der Waals surface area contributed by atoms with Crippen molar-refractivity contribution in [2.45, 2.75) is 18.8 Å². The van der Waals surface area contributed by atoms with Crippen LogP contribution in [0, 0.1) is 10.1 Å². The van der Waals surface area contributed by atoms with E-state index in [4.69, 9.17) is 0 Å². The molecule has 1 amide bonds. The Hall–Kier alpha value is -3.75. The highest BCUT2D eigenvalue weighted by Gasteiger charge is 2.36. The highest BCUT2D eigenvalue weighted by Crippen LogP contribution is 2.42. The number of aromatic nitrogens is 3. The number of benzene rings is 2. The second kappa shape index (κ2) is 7.82. The molecule has 1 aliphatic heterocycles. The van der Waals surface area contributed by atoms with Crippen molar-refractivity contribution in [1.29, 1.82) is 0 Å². The van der Waals surface area contributed by atoms with Crippen LogP contribution in [0.2, 0.25) is 0 Å². The zero-order chi connectivity index (χ0) is 21.4. The molecule has 9 heteroatoms. The molecule has 1 aromatic heterocycles. The summed E-state index contributed by atoms with van der Waals surface area (Å²) in [5, 5.41) is 19.4. The lowest BCUT2D eigenvalue weighted by Crippen LogP contribution is -2.49. The fourth-order valence-corrected chi connectivity index (χ4v) is 4.03. The summed E-state index contributed by atoms with van der Waals surface area (Å²) in [5.41, 5.74) is 3.28. The number of carbonyl (C=O) groups excluding carboxylic acids is 1. The molecule has 2 aromatic carbocycles. The summed E-state index contributed by atoms with van der Waals surface area (Å²) in [7, 11) is 0. The van der Waals surface area contributed by atoms with Gasteiger partial charge in [0.05, 0.1) is 16.3 Å². The first-order chi connectivity index (χ1) is 15.1. The Balaban J connectivity index is 1.31. The van der Waals surface area contributed by atoms with Crippen LogP contribution in [0.25, 0.3) is 5.69 Å². The minimum atomic E-state index is -0.402. The fourth-order valence-electron chi connectivity index (χ4n) is 4.03. The second-order valence-corrected chi connectivity index (χ2v) is 7.90. The molecule has 0 unspecified atom stereocenters. The van der Waals surface area contributed by atoms with Gasteiger partial charge in [0, 0.05) is 49.9 Å². The zero-order valence-electron chi connectivity index (χ0n) is 16.9. The average Bonchev–Trinajstić information content (AvgIpc) is 3.57. The molecular formula is C22H22N6O3. The summed E-state index contributed by atoms with van der Waals surface area (Å²) < 4.78 is 1.80. The molecule has 0 atom stereocenters. The molecule has 9 nitrogen and oxygen atoms in total. The van der Waals surface area contributed by atoms with E-state index in [1.54, 1.807) is 16.8 Å². The van der Waals surface area contributed by atoms with E-state index >= 15 is 0 Å². The van der Waals surface area contributed by atoms with Gasteiger partial charge in [0.1, 0.15) is 0 Å². The number of nitrogens with zero attached hydrogens (tertiary/aromatic N) is 6. The number of piperazine rings is 1. The summed E-state index contributed by atoms with van der Waals surface area (Å²) in [5.74, 6) is 0.253. The van der Waals surface area contributed by atoms with E-state index in [-0.39, 0.29) is 11.6 Å². The first-order valence-electron chi connectivity index (χ1n) is 10.4. The molecule has 1 saturated carbocycles. The fraction of sp³-hybridized carbons (Fsp3) is 0.318. The largest absolute Gasteiger partial charge is 0.368 e. The molecule has 2 aliphatic rings. The lowest BCUT2D eigenvalue weighted by Gasteiger charge is -2.35. The van der Waals surface area contributed by atoms with Crippen molar-refractivity contribution in [2.75, 3.05) is 31.1 Å². The van der Waals surface area contributed by atoms with Gasteiger partial charge < -0.3 is 9.80 Å². The Labute approximate surface area is 179 Å². The number of anilines is 1. The maximum Gasteiger partial charge on any atom is 0.276 e. The molecule has 31 heavy (non-hydrogen) atoms. The molecule has 1 saturated heterocycles. The first-order valence-corrected chi connectivity index (χ1v) is 10.4. The molecular weight excluding hydrogens is 396 g/mol. The third kappa shape index (κ3) is 3.74. The van der Waals surface area contributed by atoms with Gasteiger partial charge in [-0.1, -0.05) is 23.4 Å². The number of amides is 1. The lowest BCUT2D eigenvalue weighted by molar-refractivity contribution is -0.384. The van der Waals surface area contributed by atoms with Gasteiger partial charge in [-0.25, -0.2) is 4.68 Å². The standard InChI is InChI=1S/C22H22N6O3/c29-22(20-21(16-6-7-16)27(24-23-20)18-4-2-1-3-5-18)26-14-12-25(13-15-26)17-8-10-19(11-9-17)28(30)31/h1-5,8-11,16H,6-7,12-15H2. The predicted octanol–water partition coefficient (Wildman–Crippen LogP) is 3.02. The van der Waals surface area contributed by atoms with Crippen LogP contribution >= 0.6 is 0 Å². The van der Waals surface area contributed by atoms with E-state index in [9.17, 15) is 14.9 Å². The Kier molecular flexibility index (Phi) is 4.85. The minimum absolute atomic E-state index is 0.0756. The number of non-ortho nitro benzene ring substituents is 1. The van der Waals surface area contributed by atoms with Crippen LogP contribution in [0.1, 0.15) is 34.9 Å². The summed E-state index contributed by atoms with van der Waals surface area (Å²) >= 11 is 0. The van der Waals surface area contributed by atoms with Crippen molar-refractivity contribution < 1.29 is 9.72 Å². The van der Waals surface area contributed by atoms with Crippen molar-refractivity contribution >= 4 is 17.3 Å². The lowest BCUT2D eigenvalue weighted by atomic mass is 10.1. The number of hydrogen-bond acceptors (Lipinski definition) is 6. The maximum absolute atomic E-state index is 13.3. The molecule has 3 aromatic rings. The van der Waals surface area contributed by atoms with E-state index in [0.717, 1.165) is 29.9 Å². The number of nitro benzene ring substituents is 1. The summed E-state index contributed by atoms with van der Waals surface area (Å²) in [6.45, 7) is 2.46. The van der Waals surface area contributed by atoms with Gasteiger partial charge in [-0.15, -0.1) is 5.10 Å². The number of para-hydroxylation sites is 1. The summed E-state index contributed by atoms with van der Waals surface area (Å²) in [6.07, 6.45) is 2.10. The highest BCUT2D eigenvalue weighted by atomic mass is 16.6. The van der Waals surface area contributed by atoms with E-state index < -0.39 is 4.92 Å². The van der Waals surface area contributed by atoms with Gasteiger partial charge in [0.15, 0.2) is 5.69 Å². The summed E-state index contributed by atoms with van der Waals surface area (Å²) in [6, 6.07) is 16.3. The van der Waals surface area contributed by atoms with Gasteiger partial charge in [-0.2, -0.15) is 0 Å². The van der Waals surface area contributed by atoms with Crippen molar-refractivity contribution in [2.24, 2.45) is 0 Å². The molecule has 2 fully saturated rings. The smallest absolute Gasteiger partial charge is 0.276 e. The molecule has 158 valence electrons. The van der Waals surface area contributed by atoms with E-state index in [1.807, 2.05) is 35.2 Å². The average molecular weight is 418 g/mol. The SMILES string of the molecule is O=C(c1nnn(-c2ccccc2)c1C1CC1)N1CCN(c2ccc([N+](=O)[O-])cc2)CC1. The molecule has 5 rings (SSSR count). The van der Waals surface area contributed by atoms with Gasteiger partial charge >= 0.3 is 0 Å². The van der Waals surface area contributed by atoms with Crippen molar-refractivity contribution in [1.82, 2.24) is 19.9 Å². The Morgan fingerprint density at radius 3 is 2.23 bits per heavy atom. The highest BCUT2D eigenvalue weighted by molar-refractivity contribution is 5.94. The zero-order valence-corrected chi connectivity index (χ0v) is 16.9. The van der Waals surface area contributed by atoms with Crippen molar-refractivity contribution in [3.8, 4) is 5.69 Å². The molecule has 1 aliphatic carbocycles. The van der Waals surface area contributed by atoms with Crippen LogP contribution < -0.4 is 4.90 Å². The molecule has 0 N–H and O–H groups in total. The maximum atomic E-state index is 13.3. The van der Waals surface area contributed by atoms with Gasteiger partial charge in [-0.05, 0) is 37.1 Å². The van der Waals surface area contributed by atoms with E-state index in [1.165, 1.54) is 12.1 Å². The van der Waals surface area contributed by atoms with Crippen LogP contribution in [0.5, 0.6) is 0 Å². The first kappa shape index (κ1) is 19.2. The van der Waals surface area contributed by atoms with Gasteiger partial charge in [0.2, 0.25) is 0 Å². The van der Waals surface area contributed by atoms with Crippen LogP contribution in [-0.2, 0) is 0 Å². The van der Waals surface area contributed by atoms with Crippen LogP contribution in [0.4, 0.5) is 11.4 Å². The monoisotopic (exact) mass is 418 g/mol. The molecule has 2 heterocycles. The Morgan fingerprint density at radius 2 is 1.61 bits per heavy atom. The van der Waals surface area contributed by atoms with Crippen LogP contribution in [0.3, 0.4) is 0 Å². The number of nitro groups is 1. The number of carbonyl (C=O) groups is 1. The van der Waals surface area contributed by atoms with E-state index in [2.05, 4.69) is 15.2 Å². The van der Waals surface area contributed by atoms with Crippen LogP contribution in [0.15, 0.2) is 54.6 Å². The Bertz CT molecular complexity index is 1100. The summed E-state index contributed by atoms with van der Waals surface area (Å²) in [4.78, 5) is 27.7. The van der Waals surface area contributed by atoms with E-state index in [0.29, 0.717) is 37.8 Å². The minimum Gasteiger partial charge on any atom is -0.368 e. The quantitative estimate of drug-likeness (QED) is 0.467. The van der Waals surface area contributed by atoms with Crippen molar-refractivity contribution in [3.05, 3.63) is 76.1 Å². The number of rotatable bonds is 5. The molecule has 0 radical (unpaired) electrons. The predicted molar refractivity (Wildman–Crippen MR) is 115 cm³/mol. The molecule has 0 spiro atoms. The Morgan fingerprint density at radius 1 is 0.935 bits per heavy atom. The third-order valence-electron chi connectivity index (χ3n) is 5.86. The van der Waals surface area contributed by atoms with Crippen LogP contribution in [-0.4, -0.2) is 56.9 Å².